The number of likely N-dealkylation sites (tertiary alicyclic amines) is 1. The average molecular weight is 449 g/mol. The molecule has 1 aliphatic carbocycles. The highest BCUT2D eigenvalue weighted by Gasteiger charge is 2.30. The first-order valence-electron chi connectivity index (χ1n) is 11.4. The topological polar surface area (TPSA) is 74.3 Å². The molecule has 7 heteroatoms. The van der Waals surface area contributed by atoms with Crippen LogP contribution in [0.25, 0.3) is 10.8 Å². The van der Waals surface area contributed by atoms with Gasteiger partial charge in [-0.1, -0.05) is 31.2 Å². The molecule has 1 saturated carbocycles. The minimum Gasteiger partial charge on any atom is -0.325 e. The number of fused-ring (bicyclic) bond motifs is 1. The Morgan fingerprint density at radius 3 is 2.66 bits per heavy atom. The fraction of sp³-hybridized carbons (Fsp3) is 0.400. The largest absolute Gasteiger partial charge is 0.325 e. The molecule has 2 aliphatic rings. The smallest absolute Gasteiger partial charge is 0.259 e. The van der Waals surface area contributed by atoms with Gasteiger partial charge in [0.2, 0.25) is 5.91 Å². The van der Waals surface area contributed by atoms with Gasteiger partial charge in [-0.05, 0) is 61.1 Å². The molecule has 32 heavy (non-hydrogen) atoms. The maximum atomic E-state index is 13.2. The zero-order chi connectivity index (χ0) is 22.1. The molecule has 0 radical (unpaired) electrons. The van der Waals surface area contributed by atoms with Crippen molar-refractivity contribution < 1.29 is 9.59 Å². The van der Waals surface area contributed by atoms with Crippen molar-refractivity contribution in [3.63, 3.8) is 0 Å². The number of piperidine rings is 1. The van der Waals surface area contributed by atoms with Crippen molar-refractivity contribution in [3.8, 4) is 0 Å². The fourth-order valence-electron chi connectivity index (χ4n) is 4.37. The number of rotatable bonds is 6. The maximum Gasteiger partial charge on any atom is 0.259 e. The van der Waals surface area contributed by atoms with Gasteiger partial charge in [-0.2, -0.15) is 0 Å². The number of amides is 2. The lowest BCUT2D eigenvalue weighted by atomic mass is 10.0. The van der Waals surface area contributed by atoms with Crippen LogP contribution in [0.2, 0.25) is 0 Å². The summed E-state index contributed by atoms with van der Waals surface area (Å²) in [6, 6.07) is 11.6. The quantitative estimate of drug-likeness (QED) is 0.548. The second-order valence-corrected chi connectivity index (χ2v) is 9.95. The van der Waals surface area contributed by atoms with Crippen LogP contribution < -0.4 is 10.6 Å². The van der Waals surface area contributed by atoms with E-state index < -0.39 is 0 Å². The molecule has 1 atom stereocenters. The van der Waals surface area contributed by atoms with Gasteiger partial charge in [-0.15, -0.1) is 11.3 Å². The number of thiazole rings is 1. The number of hydrogen-bond acceptors (Lipinski definition) is 5. The van der Waals surface area contributed by atoms with E-state index in [1.807, 2.05) is 41.8 Å². The molecule has 2 fully saturated rings. The molecule has 1 unspecified atom stereocenters. The van der Waals surface area contributed by atoms with Crippen molar-refractivity contribution in [2.45, 2.75) is 39.2 Å². The zero-order valence-corrected chi connectivity index (χ0v) is 19.1. The lowest BCUT2D eigenvalue weighted by molar-refractivity contribution is -0.117. The third kappa shape index (κ3) is 4.84. The molecule has 1 aliphatic heterocycles. The van der Waals surface area contributed by atoms with Crippen LogP contribution in [0, 0.1) is 11.8 Å². The summed E-state index contributed by atoms with van der Waals surface area (Å²) >= 11 is 1.44. The Morgan fingerprint density at radius 2 is 1.91 bits per heavy atom. The van der Waals surface area contributed by atoms with Crippen LogP contribution in [0.3, 0.4) is 0 Å². The number of carbonyl (C=O) groups is 2. The number of nitrogens with one attached hydrogen (secondary N) is 2. The first kappa shape index (κ1) is 21.1. The summed E-state index contributed by atoms with van der Waals surface area (Å²) in [6.45, 7) is 5.31. The summed E-state index contributed by atoms with van der Waals surface area (Å²) in [5, 5.41) is 10.5. The molecule has 0 spiro atoms. The molecule has 1 aromatic heterocycles. The van der Waals surface area contributed by atoms with Crippen LogP contribution in [0.4, 0.5) is 10.8 Å². The first-order valence-corrected chi connectivity index (χ1v) is 12.2. The van der Waals surface area contributed by atoms with Crippen LogP contribution >= 0.6 is 11.3 Å². The average Bonchev–Trinajstić information content (AvgIpc) is 3.55. The van der Waals surface area contributed by atoms with Crippen molar-refractivity contribution in [3.05, 3.63) is 53.0 Å². The van der Waals surface area contributed by atoms with E-state index in [-0.39, 0.29) is 17.7 Å². The van der Waals surface area contributed by atoms with Gasteiger partial charge in [0.15, 0.2) is 5.13 Å². The van der Waals surface area contributed by atoms with E-state index in [9.17, 15) is 9.59 Å². The molecule has 1 saturated heterocycles. The van der Waals surface area contributed by atoms with Crippen LogP contribution in [0.1, 0.15) is 48.7 Å². The Bertz CT molecular complexity index is 1150. The minimum absolute atomic E-state index is 0.0124. The molecule has 2 heterocycles. The van der Waals surface area contributed by atoms with E-state index in [2.05, 4.69) is 27.4 Å². The second kappa shape index (κ2) is 9.00. The molecular formula is C25H28N4O2S. The summed E-state index contributed by atoms with van der Waals surface area (Å²) in [5.41, 5.74) is 2.00. The van der Waals surface area contributed by atoms with Crippen LogP contribution in [0.15, 0.2) is 41.8 Å². The molecule has 0 bridgehead atoms. The number of carbonyl (C=O) groups excluding carboxylic acids is 2. The number of benzene rings is 2. The third-order valence-electron chi connectivity index (χ3n) is 6.24. The minimum atomic E-state index is -0.255. The molecule has 2 aromatic carbocycles. The second-order valence-electron chi connectivity index (χ2n) is 9.09. The number of anilines is 2. The van der Waals surface area contributed by atoms with Crippen molar-refractivity contribution in [2.24, 2.45) is 11.8 Å². The molecular weight excluding hydrogens is 420 g/mol. The highest BCUT2D eigenvalue weighted by Crippen LogP contribution is 2.32. The number of aromatic nitrogens is 1. The molecule has 3 aromatic rings. The predicted molar refractivity (Wildman–Crippen MR) is 129 cm³/mol. The highest BCUT2D eigenvalue weighted by molar-refractivity contribution is 7.14. The molecule has 2 amide bonds. The lowest BCUT2D eigenvalue weighted by Gasteiger charge is -2.30. The van der Waals surface area contributed by atoms with Gasteiger partial charge in [0.25, 0.3) is 5.91 Å². The Labute approximate surface area is 192 Å². The van der Waals surface area contributed by atoms with Crippen LogP contribution in [0.5, 0.6) is 0 Å². The van der Waals surface area contributed by atoms with Gasteiger partial charge < -0.3 is 5.32 Å². The normalized spacial score (nSPS) is 19.1. The van der Waals surface area contributed by atoms with Crippen molar-refractivity contribution in [1.29, 1.82) is 0 Å². The van der Waals surface area contributed by atoms with Gasteiger partial charge in [0.05, 0.1) is 16.9 Å². The van der Waals surface area contributed by atoms with Gasteiger partial charge in [-0.25, -0.2) is 4.98 Å². The standard InChI is InChI=1S/C25H28N4O2S/c1-16-5-4-10-29(13-16)14-20-15-32-25(26-20)28-24(31)21-11-18-6-2-3-7-19(18)12-22(21)27-23(30)17-8-9-17/h2-3,6-7,11-12,15-17H,4-5,8-10,13-14H2,1H3,(H,27,30)(H,26,28,31). The summed E-state index contributed by atoms with van der Waals surface area (Å²) in [4.78, 5) is 32.7. The molecule has 2 N–H and O–H groups in total. The Kier molecular flexibility index (Phi) is 5.93. The van der Waals surface area contributed by atoms with Crippen molar-refractivity contribution in [1.82, 2.24) is 9.88 Å². The molecule has 5 rings (SSSR count). The van der Waals surface area contributed by atoms with E-state index in [1.54, 1.807) is 0 Å². The first-order chi connectivity index (χ1) is 15.5. The number of nitrogens with zero attached hydrogens (tertiary/aromatic N) is 2. The number of hydrogen-bond donors (Lipinski definition) is 2. The van der Waals surface area contributed by atoms with Gasteiger partial charge in [-0.3, -0.25) is 19.8 Å². The van der Waals surface area contributed by atoms with Crippen LogP contribution in [-0.2, 0) is 11.3 Å². The predicted octanol–water partition coefficient (Wildman–Crippen LogP) is 5.13. The van der Waals surface area contributed by atoms with E-state index >= 15 is 0 Å². The Hall–Kier alpha value is -2.77. The summed E-state index contributed by atoms with van der Waals surface area (Å²) in [6.07, 6.45) is 4.35. The molecule has 6 nitrogen and oxygen atoms in total. The highest BCUT2D eigenvalue weighted by atomic mass is 32.1. The van der Waals surface area contributed by atoms with Gasteiger partial charge in [0, 0.05) is 24.4 Å². The van der Waals surface area contributed by atoms with Crippen molar-refractivity contribution >= 4 is 44.7 Å². The lowest BCUT2D eigenvalue weighted by Crippen LogP contribution is -2.33. The van der Waals surface area contributed by atoms with E-state index in [4.69, 9.17) is 0 Å². The fourth-order valence-corrected chi connectivity index (χ4v) is 5.07. The SMILES string of the molecule is CC1CCCN(Cc2csc(NC(=O)c3cc4ccccc4cc3NC(=O)C3CC3)n2)C1. The zero-order valence-electron chi connectivity index (χ0n) is 18.3. The monoisotopic (exact) mass is 448 g/mol. The maximum absolute atomic E-state index is 13.2. The van der Waals surface area contributed by atoms with E-state index in [0.717, 1.165) is 54.9 Å². The Morgan fingerprint density at radius 1 is 1.12 bits per heavy atom. The van der Waals surface area contributed by atoms with Gasteiger partial charge in [0.1, 0.15) is 0 Å². The Balaban J connectivity index is 1.34. The molecule has 166 valence electrons. The van der Waals surface area contributed by atoms with Crippen LogP contribution in [-0.4, -0.2) is 34.8 Å². The van der Waals surface area contributed by atoms with Gasteiger partial charge >= 0.3 is 0 Å². The van der Waals surface area contributed by atoms with E-state index in [1.165, 1.54) is 24.2 Å². The third-order valence-corrected chi connectivity index (χ3v) is 7.04. The van der Waals surface area contributed by atoms with Crippen molar-refractivity contribution in [2.75, 3.05) is 23.7 Å². The summed E-state index contributed by atoms with van der Waals surface area (Å²) in [7, 11) is 0. The summed E-state index contributed by atoms with van der Waals surface area (Å²) < 4.78 is 0. The summed E-state index contributed by atoms with van der Waals surface area (Å²) in [5.74, 6) is 0.520. The van der Waals surface area contributed by atoms with E-state index in [0.29, 0.717) is 16.4 Å².